The smallest absolute Gasteiger partial charge is 0.240 e. The number of halogens is 1. The fourth-order valence-corrected chi connectivity index (χ4v) is 5.51. The van der Waals surface area contributed by atoms with Crippen LogP contribution < -0.4 is 10.6 Å². The molecule has 2 atom stereocenters. The summed E-state index contributed by atoms with van der Waals surface area (Å²) in [5.74, 6) is 1.61. The minimum atomic E-state index is -1.31. The molecule has 2 aromatic rings. The van der Waals surface area contributed by atoms with Gasteiger partial charge in [0.2, 0.25) is 11.8 Å². The second kappa shape index (κ2) is 12.3. The van der Waals surface area contributed by atoms with Crippen LogP contribution in [0.25, 0.3) is 10.8 Å². The van der Waals surface area contributed by atoms with Crippen LogP contribution in [0.5, 0.6) is 0 Å². The zero-order valence-corrected chi connectivity index (χ0v) is 21.1. The van der Waals surface area contributed by atoms with E-state index in [0.29, 0.717) is 0 Å². The number of likely N-dealkylation sites (tertiary alicyclic amines) is 1. The van der Waals surface area contributed by atoms with Gasteiger partial charge >= 0.3 is 0 Å². The Kier molecular flexibility index (Phi) is 9.48. The molecule has 0 bridgehead atoms. The molecule has 182 valence electrons. The van der Waals surface area contributed by atoms with E-state index in [9.17, 15) is 13.8 Å². The van der Waals surface area contributed by atoms with Gasteiger partial charge in [0, 0.05) is 36.5 Å². The quantitative estimate of drug-likeness (QED) is 0.516. The molecule has 0 saturated carbocycles. The number of fused-ring (bicyclic) bond motifs is 1. The van der Waals surface area contributed by atoms with E-state index in [-0.39, 0.29) is 43.5 Å². The molecule has 2 aromatic carbocycles. The van der Waals surface area contributed by atoms with Gasteiger partial charge in [0.1, 0.15) is 0 Å². The molecule has 1 aliphatic heterocycles. The first-order valence-corrected chi connectivity index (χ1v) is 13.2. The Bertz CT molecular complexity index is 1100. The zero-order chi connectivity index (χ0) is 24.7. The van der Waals surface area contributed by atoms with Crippen LogP contribution in [0.4, 0.5) is 0 Å². The van der Waals surface area contributed by atoms with Gasteiger partial charge < -0.3 is 10.6 Å². The normalized spacial score (nSPS) is 16.7. The van der Waals surface area contributed by atoms with Gasteiger partial charge in [-0.1, -0.05) is 41.8 Å². The van der Waals surface area contributed by atoms with E-state index in [1.165, 1.54) is 5.56 Å². The molecular weight excluding hydrogens is 472 g/mol. The molecule has 34 heavy (non-hydrogen) atoms. The van der Waals surface area contributed by atoms with Crippen LogP contribution in [0.1, 0.15) is 31.4 Å². The van der Waals surface area contributed by atoms with E-state index in [2.05, 4.69) is 46.6 Å². The van der Waals surface area contributed by atoms with Crippen LogP contribution in [-0.4, -0.2) is 70.2 Å². The third-order valence-electron chi connectivity index (χ3n) is 6.25. The molecule has 2 N–H and O–H groups in total. The topological polar surface area (TPSA) is 81.8 Å². The molecule has 0 aromatic heterocycles. The number of nitrogens with one attached hydrogen (secondary N) is 2. The summed E-state index contributed by atoms with van der Waals surface area (Å²) in [5, 5.41) is 8.10. The number of hydrogen-bond acceptors (Lipinski definition) is 4. The summed E-state index contributed by atoms with van der Waals surface area (Å²) in [5.41, 5.74) is 1.23. The lowest BCUT2D eigenvalue weighted by Crippen LogP contribution is -2.49. The molecule has 3 rings (SSSR count). The summed E-state index contributed by atoms with van der Waals surface area (Å²) >= 11 is 6.26. The van der Waals surface area contributed by atoms with Crippen LogP contribution in [0.3, 0.4) is 0 Å². The standard InChI is InChI=1S/C25H31ClN4O3S/c1-4-12-27-24(31)16-28-25(32)17-30(34(3)33)21-10-13-29(14-11-21)18(2)22-7-5-6-19-8-9-20(26)15-23(19)22/h1,5-9,15,18,21H,10-14,16-17H2,2-3H3,(H,27,31)(H,28,32). The van der Waals surface area contributed by atoms with Gasteiger partial charge in [0.05, 0.1) is 30.6 Å². The fraction of sp³-hybridized carbons (Fsp3) is 0.440. The van der Waals surface area contributed by atoms with E-state index < -0.39 is 11.0 Å². The van der Waals surface area contributed by atoms with Gasteiger partial charge in [0.15, 0.2) is 0 Å². The first-order valence-electron chi connectivity index (χ1n) is 11.3. The van der Waals surface area contributed by atoms with Crippen molar-refractivity contribution in [2.24, 2.45) is 0 Å². The Hall–Kier alpha value is -2.44. The zero-order valence-electron chi connectivity index (χ0n) is 19.6. The summed E-state index contributed by atoms with van der Waals surface area (Å²) in [6, 6.07) is 12.5. The summed E-state index contributed by atoms with van der Waals surface area (Å²) in [4.78, 5) is 26.4. The average Bonchev–Trinajstić information content (AvgIpc) is 2.83. The molecule has 1 heterocycles. The van der Waals surface area contributed by atoms with E-state index in [0.717, 1.165) is 41.7 Å². The van der Waals surface area contributed by atoms with Crippen LogP contribution in [0.2, 0.25) is 5.02 Å². The number of amides is 2. The molecule has 1 aliphatic rings. The van der Waals surface area contributed by atoms with Crippen molar-refractivity contribution in [2.45, 2.75) is 31.8 Å². The highest BCUT2D eigenvalue weighted by Crippen LogP contribution is 2.32. The molecule has 0 spiro atoms. The van der Waals surface area contributed by atoms with Crippen molar-refractivity contribution in [3.05, 3.63) is 47.0 Å². The highest BCUT2D eigenvalue weighted by molar-refractivity contribution is 7.81. The van der Waals surface area contributed by atoms with Crippen molar-refractivity contribution in [3.63, 3.8) is 0 Å². The molecular formula is C25H31ClN4O3S. The number of terminal acetylenes is 1. The maximum absolute atomic E-state index is 12.4. The number of benzene rings is 2. The first kappa shape index (κ1) is 26.2. The Morgan fingerprint density at radius 1 is 1.24 bits per heavy atom. The van der Waals surface area contributed by atoms with Gasteiger partial charge in [0.25, 0.3) is 0 Å². The third-order valence-corrected chi connectivity index (χ3v) is 7.57. The van der Waals surface area contributed by atoms with Crippen molar-refractivity contribution >= 4 is 45.2 Å². The van der Waals surface area contributed by atoms with Crippen molar-refractivity contribution in [2.75, 3.05) is 39.0 Å². The second-order valence-electron chi connectivity index (χ2n) is 8.41. The summed E-state index contributed by atoms with van der Waals surface area (Å²) in [6.45, 7) is 3.79. The van der Waals surface area contributed by atoms with Crippen molar-refractivity contribution in [1.82, 2.24) is 19.8 Å². The van der Waals surface area contributed by atoms with Crippen LogP contribution in [0, 0.1) is 12.3 Å². The van der Waals surface area contributed by atoms with Crippen molar-refractivity contribution in [1.29, 1.82) is 0 Å². The number of carbonyl (C=O) groups excluding carboxylic acids is 2. The lowest BCUT2D eigenvalue weighted by Gasteiger charge is -2.39. The number of carbonyl (C=O) groups is 2. The summed E-state index contributed by atoms with van der Waals surface area (Å²) in [7, 11) is -1.31. The summed E-state index contributed by atoms with van der Waals surface area (Å²) < 4.78 is 14.1. The molecule has 9 heteroatoms. The minimum Gasteiger partial charge on any atom is -0.346 e. The van der Waals surface area contributed by atoms with Crippen molar-refractivity contribution in [3.8, 4) is 12.3 Å². The molecule has 1 fully saturated rings. The summed E-state index contributed by atoms with van der Waals surface area (Å²) in [6.07, 6.45) is 8.28. The maximum atomic E-state index is 12.4. The molecule has 2 amide bonds. The Morgan fingerprint density at radius 2 is 1.97 bits per heavy atom. The van der Waals surface area contributed by atoms with E-state index in [4.69, 9.17) is 18.0 Å². The Morgan fingerprint density at radius 3 is 2.65 bits per heavy atom. The average molecular weight is 503 g/mol. The molecule has 0 aliphatic carbocycles. The number of hydrogen-bond donors (Lipinski definition) is 2. The first-order chi connectivity index (χ1) is 16.3. The molecule has 2 unspecified atom stereocenters. The predicted molar refractivity (Wildman–Crippen MR) is 138 cm³/mol. The Labute approximate surface area is 208 Å². The lowest BCUT2D eigenvalue weighted by atomic mass is 9.96. The van der Waals surface area contributed by atoms with Gasteiger partial charge in [-0.2, -0.15) is 0 Å². The Balaban J connectivity index is 1.58. The van der Waals surface area contributed by atoms with Gasteiger partial charge in [-0.25, -0.2) is 8.51 Å². The van der Waals surface area contributed by atoms with Gasteiger partial charge in [-0.15, -0.1) is 6.42 Å². The number of rotatable bonds is 9. The fourth-order valence-electron chi connectivity index (χ4n) is 4.41. The van der Waals surface area contributed by atoms with Crippen LogP contribution >= 0.6 is 11.6 Å². The van der Waals surface area contributed by atoms with E-state index in [1.807, 2.05) is 18.2 Å². The minimum absolute atomic E-state index is 0.0203. The molecule has 1 saturated heterocycles. The molecule has 7 nitrogen and oxygen atoms in total. The van der Waals surface area contributed by atoms with Crippen LogP contribution in [0.15, 0.2) is 36.4 Å². The largest absolute Gasteiger partial charge is 0.346 e. The second-order valence-corrected chi connectivity index (χ2v) is 10.2. The predicted octanol–water partition coefficient (Wildman–Crippen LogP) is 2.48. The van der Waals surface area contributed by atoms with Crippen LogP contribution in [-0.2, 0) is 20.6 Å². The number of piperidine rings is 1. The highest BCUT2D eigenvalue weighted by Gasteiger charge is 2.30. The van der Waals surface area contributed by atoms with Crippen molar-refractivity contribution < 1.29 is 13.8 Å². The SMILES string of the molecule is C#CCNC(=O)CNC(=O)CN(C1CCN(C(C)c2cccc3ccc(Cl)cc23)CC1)S(C)=O. The third kappa shape index (κ3) is 6.80. The lowest BCUT2D eigenvalue weighted by molar-refractivity contribution is -0.126. The van der Waals surface area contributed by atoms with Gasteiger partial charge in [-0.05, 0) is 48.2 Å². The number of nitrogens with zero attached hydrogens (tertiary/aromatic N) is 2. The highest BCUT2D eigenvalue weighted by atomic mass is 35.5. The van der Waals surface area contributed by atoms with E-state index in [1.54, 1.807) is 10.6 Å². The monoisotopic (exact) mass is 502 g/mol. The maximum Gasteiger partial charge on any atom is 0.240 e. The molecule has 0 radical (unpaired) electrons. The van der Waals surface area contributed by atoms with Gasteiger partial charge in [-0.3, -0.25) is 14.5 Å². The van der Waals surface area contributed by atoms with E-state index >= 15 is 0 Å².